The van der Waals surface area contributed by atoms with E-state index in [4.69, 9.17) is 0 Å². The molecule has 8 heteroatoms. The first-order valence-electron chi connectivity index (χ1n) is 8.88. The number of urea groups is 1. The van der Waals surface area contributed by atoms with Crippen molar-refractivity contribution in [2.45, 2.75) is 43.2 Å². The SMILES string of the molecule is CN(C(=O)NCC1(c2cccc(F)c2)CCCC1)C1CS(=O)(=O)CC1O. The summed E-state index contributed by atoms with van der Waals surface area (Å²) in [5, 5.41) is 12.8. The van der Waals surface area contributed by atoms with Gasteiger partial charge < -0.3 is 15.3 Å². The highest BCUT2D eigenvalue weighted by Crippen LogP contribution is 2.40. The quantitative estimate of drug-likeness (QED) is 0.822. The lowest BCUT2D eigenvalue weighted by Crippen LogP contribution is -2.51. The lowest BCUT2D eigenvalue weighted by atomic mass is 9.79. The third-order valence-corrected chi connectivity index (χ3v) is 7.39. The zero-order valence-electron chi connectivity index (χ0n) is 14.8. The van der Waals surface area contributed by atoms with Crippen LogP contribution in [0.25, 0.3) is 0 Å². The second-order valence-corrected chi connectivity index (χ2v) is 9.63. The summed E-state index contributed by atoms with van der Waals surface area (Å²) in [5.41, 5.74) is 0.570. The van der Waals surface area contributed by atoms with Gasteiger partial charge in [-0.25, -0.2) is 17.6 Å². The molecule has 1 saturated heterocycles. The van der Waals surface area contributed by atoms with Crippen molar-refractivity contribution in [3.63, 3.8) is 0 Å². The number of carbonyl (C=O) groups excluding carboxylic acids is 1. The van der Waals surface area contributed by atoms with Gasteiger partial charge >= 0.3 is 6.03 Å². The molecule has 2 N–H and O–H groups in total. The molecule has 2 amide bonds. The summed E-state index contributed by atoms with van der Waals surface area (Å²) < 4.78 is 37.0. The van der Waals surface area contributed by atoms with Crippen molar-refractivity contribution in [1.29, 1.82) is 0 Å². The molecular formula is C18H25FN2O4S. The number of hydrogen-bond acceptors (Lipinski definition) is 4. The van der Waals surface area contributed by atoms with Crippen molar-refractivity contribution < 1.29 is 22.7 Å². The minimum atomic E-state index is -3.33. The highest BCUT2D eigenvalue weighted by Gasteiger charge is 2.41. The third kappa shape index (κ3) is 3.86. The lowest BCUT2D eigenvalue weighted by molar-refractivity contribution is 0.109. The van der Waals surface area contributed by atoms with Crippen LogP contribution in [-0.4, -0.2) is 61.7 Å². The number of halogens is 1. The van der Waals surface area contributed by atoms with Crippen molar-refractivity contribution >= 4 is 15.9 Å². The summed E-state index contributed by atoms with van der Waals surface area (Å²) >= 11 is 0. The number of carbonyl (C=O) groups is 1. The maximum atomic E-state index is 13.7. The molecule has 1 aromatic rings. The summed E-state index contributed by atoms with van der Waals surface area (Å²) in [6.45, 7) is 0.356. The highest BCUT2D eigenvalue weighted by molar-refractivity contribution is 7.91. The molecule has 1 saturated carbocycles. The number of aliphatic hydroxyl groups excluding tert-OH is 1. The van der Waals surface area contributed by atoms with Crippen molar-refractivity contribution in [2.75, 3.05) is 25.1 Å². The van der Waals surface area contributed by atoms with Crippen LogP contribution in [0, 0.1) is 5.82 Å². The number of nitrogens with zero attached hydrogens (tertiary/aromatic N) is 1. The van der Waals surface area contributed by atoms with Gasteiger partial charge in [0.05, 0.1) is 23.7 Å². The predicted octanol–water partition coefficient (Wildman–Crippen LogP) is 1.44. The third-order valence-electron chi connectivity index (χ3n) is 5.69. The Bertz CT molecular complexity index is 777. The highest BCUT2D eigenvalue weighted by atomic mass is 32.2. The van der Waals surface area contributed by atoms with Crippen molar-refractivity contribution in [3.8, 4) is 0 Å². The minimum Gasteiger partial charge on any atom is -0.390 e. The summed E-state index contributed by atoms with van der Waals surface area (Å²) in [6.07, 6.45) is 2.69. The molecule has 1 aromatic carbocycles. The first-order valence-corrected chi connectivity index (χ1v) is 10.7. The van der Waals surface area contributed by atoms with Crippen LogP contribution >= 0.6 is 0 Å². The van der Waals surface area contributed by atoms with Crippen LogP contribution in [0.4, 0.5) is 9.18 Å². The monoisotopic (exact) mass is 384 g/mol. The molecule has 2 fully saturated rings. The molecule has 1 aliphatic heterocycles. The fourth-order valence-electron chi connectivity index (χ4n) is 4.14. The van der Waals surface area contributed by atoms with E-state index < -0.39 is 28.0 Å². The lowest BCUT2D eigenvalue weighted by Gasteiger charge is -2.32. The van der Waals surface area contributed by atoms with E-state index in [0.717, 1.165) is 31.2 Å². The van der Waals surface area contributed by atoms with Gasteiger partial charge in [0.2, 0.25) is 0 Å². The van der Waals surface area contributed by atoms with Crippen LogP contribution in [-0.2, 0) is 15.3 Å². The Morgan fingerprint density at radius 1 is 1.35 bits per heavy atom. The molecule has 0 radical (unpaired) electrons. The Morgan fingerprint density at radius 2 is 2.04 bits per heavy atom. The van der Waals surface area contributed by atoms with Crippen molar-refractivity contribution in [3.05, 3.63) is 35.6 Å². The van der Waals surface area contributed by atoms with E-state index in [9.17, 15) is 22.7 Å². The zero-order chi connectivity index (χ0) is 18.9. The van der Waals surface area contributed by atoms with Crippen LogP contribution in [0.5, 0.6) is 0 Å². The Morgan fingerprint density at radius 3 is 2.62 bits per heavy atom. The molecule has 6 nitrogen and oxygen atoms in total. The summed E-state index contributed by atoms with van der Waals surface area (Å²) in [7, 11) is -1.83. The van der Waals surface area contributed by atoms with E-state index >= 15 is 0 Å². The molecule has 144 valence electrons. The summed E-state index contributed by atoms with van der Waals surface area (Å²) in [6, 6.07) is 5.33. The van der Waals surface area contributed by atoms with E-state index in [2.05, 4.69) is 5.32 Å². The predicted molar refractivity (Wildman–Crippen MR) is 96.2 cm³/mol. The van der Waals surface area contributed by atoms with Crippen LogP contribution in [0.15, 0.2) is 24.3 Å². The number of likely N-dealkylation sites (N-methyl/N-ethyl adjacent to an activating group) is 1. The van der Waals surface area contributed by atoms with Crippen molar-refractivity contribution in [1.82, 2.24) is 10.2 Å². The molecular weight excluding hydrogens is 359 g/mol. The number of sulfone groups is 1. The second kappa shape index (κ2) is 7.15. The Hall–Kier alpha value is -1.67. The first kappa shape index (κ1) is 19.1. The van der Waals surface area contributed by atoms with Crippen LogP contribution < -0.4 is 5.32 Å². The minimum absolute atomic E-state index is 0.229. The van der Waals surface area contributed by atoms with Gasteiger partial charge in [-0.05, 0) is 30.5 Å². The van der Waals surface area contributed by atoms with Gasteiger partial charge in [-0.1, -0.05) is 25.0 Å². The second-order valence-electron chi connectivity index (χ2n) is 7.48. The molecule has 0 bridgehead atoms. The molecule has 1 aliphatic carbocycles. The first-order chi connectivity index (χ1) is 12.2. The number of benzene rings is 1. The number of hydrogen-bond donors (Lipinski definition) is 2. The van der Waals surface area contributed by atoms with Gasteiger partial charge in [0.25, 0.3) is 0 Å². The number of amides is 2. The largest absolute Gasteiger partial charge is 0.390 e. The molecule has 3 rings (SSSR count). The molecule has 26 heavy (non-hydrogen) atoms. The summed E-state index contributed by atoms with van der Waals surface area (Å²) in [5.74, 6) is -0.841. The summed E-state index contributed by atoms with van der Waals surface area (Å²) in [4.78, 5) is 13.8. The number of rotatable bonds is 4. The zero-order valence-corrected chi connectivity index (χ0v) is 15.6. The Balaban J connectivity index is 1.69. The molecule has 0 spiro atoms. The maximum absolute atomic E-state index is 13.7. The molecule has 2 atom stereocenters. The van der Waals surface area contributed by atoms with E-state index in [-0.39, 0.29) is 22.7 Å². The van der Waals surface area contributed by atoms with Crippen LogP contribution in [0.3, 0.4) is 0 Å². The molecule has 2 unspecified atom stereocenters. The fourth-order valence-corrected chi connectivity index (χ4v) is 5.98. The van der Waals surface area contributed by atoms with E-state index in [1.165, 1.54) is 24.1 Å². The van der Waals surface area contributed by atoms with Gasteiger partial charge in [0.1, 0.15) is 5.82 Å². The number of nitrogens with one attached hydrogen (secondary N) is 1. The molecule has 1 heterocycles. The van der Waals surface area contributed by atoms with E-state index in [1.807, 2.05) is 6.07 Å². The number of aliphatic hydroxyl groups is 1. The molecule has 2 aliphatic rings. The van der Waals surface area contributed by atoms with Crippen LogP contribution in [0.2, 0.25) is 0 Å². The van der Waals surface area contributed by atoms with E-state index in [1.54, 1.807) is 6.07 Å². The van der Waals surface area contributed by atoms with Gasteiger partial charge in [0, 0.05) is 19.0 Å². The van der Waals surface area contributed by atoms with Crippen molar-refractivity contribution in [2.24, 2.45) is 0 Å². The Labute approximate surface area is 153 Å². The smallest absolute Gasteiger partial charge is 0.317 e. The Kier molecular flexibility index (Phi) is 5.25. The van der Waals surface area contributed by atoms with E-state index in [0.29, 0.717) is 6.54 Å². The van der Waals surface area contributed by atoms with Gasteiger partial charge in [-0.2, -0.15) is 0 Å². The van der Waals surface area contributed by atoms with Crippen LogP contribution in [0.1, 0.15) is 31.2 Å². The normalized spacial score (nSPS) is 26.6. The topological polar surface area (TPSA) is 86.7 Å². The average molecular weight is 384 g/mol. The van der Waals surface area contributed by atoms with Gasteiger partial charge in [-0.3, -0.25) is 0 Å². The standard InChI is InChI=1S/C18H25FN2O4S/c1-21(15-10-26(24,25)11-16(15)22)17(23)20-12-18(7-2-3-8-18)13-5-4-6-14(19)9-13/h4-6,9,15-16,22H,2-3,7-8,10-12H2,1H3,(H,20,23). The maximum Gasteiger partial charge on any atom is 0.317 e. The molecule has 0 aromatic heterocycles. The van der Waals surface area contributed by atoms with Gasteiger partial charge in [0.15, 0.2) is 9.84 Å². The fraction of sp³-hybridized carbons (Fsp3) is 0.611. The van der Waals surface area contributed by atoms with Gasteiger partial charge in [-0.15, -0.1) is 0 Å². The average Bonchev–Trinajstić information content (AvgIpc) is 3.16.